The molecule has 7 nitrogen and oxygen atoms in total. The number of para-hydroxylation sites is 3. The van der Waals surface area contributed by atoms with E-state index in [0.717, 1.165) is 22.0 Å². The van der Waals surface area contributed by atoms with Crippen molar-refractivity contribution >= 4 is 33.5 Å². The Morgan fingerprint density at radius 3 is 2.69 bits per heavy atom. The van der Waals surface area contributed by atoms with E-state index in [1.54, 1.807) is 6.07 Å². The number of hydrogen-bond acceptors (Lipinski definition) is 5. The van der Waals surface area contributed by atoms with E-state index in [1.165, 1.54) is 0 Å². The Labute approximate surface area is 166 Å². The molecule has 0 aliphatic rings. The Balaban J connectivity index is 1.40. The maximum absolute atomic E-state index is 12.1. The van der Waals surface area contributed by atoms with Gasteiger partial charge in [-0.1, -0.05) is 30.3 Å². The first-order valence-corrected chi connectivity index (χ1v) is 9.13. The summed E-state index contributed by atoms with van der Waals surface area (Å²) in [5.74, 6) is -0.559. The summed E-state index contributed by atoms with van der Waals surface area (Å²) in [6, 6.07) is 17.1. The molecule has 2 aromatic carbocycles. The fraction of sp³-hybridized carbons (Fsp3) is 0.136. The minimum absolute atomic E-state index is 0.0503. The third kappa shape index (κ3) is 3.82. The number of allylic oxidation sites excluding steroid dienone is 1. The molecule has 0 saturated carbocycles. The summed E-state index contributed by atoms with van der Waals surface area (Å²) < 4.78 is 5.14. The molecule has 0 unspecified atom stereocenters. The van der Waals surface area contributed by atoms with E-state index in [2.05, 4.69) is 15.0 Å². The Morgan fingerprint density at radius 1 is 1.14 bits per heavy atom. The zero-order valence-electron chi connectivity index (χ0n) is 15.5. The van der Waals surface area contributed by atoms with Crippen molar-refractivity contribution in [3.05, 3.63) is 71.9 Å². The zero-order chi connectivity index (χ0) is 20.2. The van der Waals surface area contributed by atoms with Gasteiger partial charge in [-0.05, 0) is 30.2 Å². The highest BCUT2D eigenvalue weighted by Crippen LogP contribution is 2.20. The van der Waals surface area contributed by atoms with Crippen LogP contribution in [0.25, 0.3) is 27.5 Å². The van der Waals surface area contributed by atoms with Gasteiger partial charge in [0.2, 0.25) is 0 Å². The molecule has 0 saturated heterocycles. The van der Waals surface area contributed by atoms with Crippen molar-refractivity contribution in [2.24, 2.45) is 0 Å². The average molecular weight is 386 g/mol. The predicted octanol–water partition coefficient (Wildman–Crippen LogP) is 4.01. The van der Waals surface area contributed by atoms with Gasteiger partial charge < -0.3 is 19.8 Å². The second-order valence-electron chi connectivity index (χ2n) is 6.56. The molecule has 0 fully saturated rings. The van der Waals surface area contributed by atoms with E-state index in [4.69, 9.17) is 4.74 Å². The molecule has 2 heterocycles. The lowest BCUT2D eigenvalue weighted by molar-refractivity contribution is -0.143. The first-order chi connectivity index (χ1) is 14.2. The van der Waals surface area contributed by atoms with Gasteiger partial charge in [0.25, 0.3) is 0 Å². The second kappa shape index (κ2) is 7.90. The molecule has 7 heteroatoms. The van der Waals surface area contributed by atoms with Crippen LogP contribution in [-0.4, -0.2) is 32.6 Å². The van der Waals surface area contributed by atoms with E-state index < -0.39 is 5.97 Å². The van der Waals surface area contributed by atoms with Crippen LogP contribution in [0.15, 0.2) is 60.5 Å². The molecule has 2 aromatic heterocycles. The van der Waals surface area contributed by atoms with Crippen LogP contribution >= 0.6 is 0 Å². The number of H-pyrrole nitrogens is 2. The third-order valence-electron chi connectivity index (χ3n) is 4.67. The molecule has 29 heavy (non-hydrogen) atoms. The van der Waals surface area contributed by atoms with Crippen LogP contribution in [0.5, 0.6) is 0 Å². The number of ether oxygens (including phenoxy) is 1. The summed E-state index contributed by atoms with van der Waals surface area (Å²) in [4.78, 5) is 22.5. The van der Waals surface area contributed by atoms with Gasteiger partial charge in [0, 0.05) is 23.5 Å². The molecule has 0 amide bonds. The number of aromatic nitrogens is 3. The molecule has 144 valence electrons. The fourth-order valence-electron chi connectivity index (χ4n) is 3.19. The minimum Gasteiger partial charge on any atom is -0.507 e. The largest absolute Gasteiger partial charge is 0.507 e. The van der Waals surface area contributed by atoms with E-state index in [9.17, 15) is 15.2 Å². The monoisotopic (exact) mass is 386 g/mol. The number of nitriles is 1. The summed E-state index contributed by atoms with van der Waals surface area (Å²) >= 11 is 0. The number of aliphatic hydroxyl groups is 1. The van der Waals surface area contributed by atoms with Gasteiger partial charge in [-0.2, -0.15) is 5.26 Å². The first-order valence-electron chi connectivity index (χ1n) is 9.13. The van der Waals surface area contributed by atoms with Gasteiger partial charge in [0.05, 0.1) is 11.0 Å². The van der Waals surface area contributed by atoms with E-state index in [-0.39, 0.29) is 30.2 Å². The summed E-state index contributed by atoms with van der Waals surface area (Å²) in [7, 11) is 0. The van der Waals surface area contributed by atoms with E-state index >= 15 is 0 Å². The molecule has 0 spiro atoms. The number of aryl methyl sites for hydroxylation is 1. The molecule has 0 atom stereocenters. The average Bonchev–Trinajstić information content (AvgIpc) is 3.35. The number of carbonyl (C=O) groups excluding carboxylic acids is 1. The highest BCUT2D eigenvalue weighted by molar-refractivity contribution is 5.84. The fourth-order valence-corrected chi connectivity index (χ4v) is 3.19. The number of nitrogens with zero attached hydrogens (tertiary/aromatic N) is 2. The predicted molar refractivity (Wildman–Crippen MR) is 109 cm³/mol. The third-order valence-corrected chi connectivity index (χ3v) is 4.67. The van der Waals surface area contributed by atoms with Crippen molar-refractivity contribution in [1.82, 2.24) is 15.0 Å². The number of aliphatic hydroxyl groups excluding tert-OH is 1. The lowest BCUT2D eigenvalue weighted by Gasteiger charge is -2.05. The first kappa shape index (κ1) is 18.3. The summed E-state index contributed by atoms with van der Waals surface area (Å²) in [6.07, 6.45) is 2.56. The van der Waals surface area contributed by atoms with Crippen molar-refractivity contribution in [3.8, 4) is 6.07 Å². The molecule has 0 aliphatic carbocycles. The topological polar surface area (TPSA) is 115 Å². The molecule has 3 N–H and O–H groups in total. The Kier molecular flexibility index (Phi) is 4.99. The van der Waals surface area contributed by atoms with Crippen LogP contribution in [0.2, 0.25) is 0 Å². The Hall–Kier alpha value is -4.05. The van der Waals surface area contributed by atoms with E-state index in [1.807, 2.05) is 54.7 Å². The normalized spacial score (nSPS) is 12.0. The van der Waals surface area contributed by atoms with Gasteiger partial charge in [-0.3, -0.25) is 4.79 Å². The number of benzene rings is 2. The maximum Gasteiger partial charge on any atom is 0.306 e. The van der Waals surface area contributed by atoms with Gasteiger partial charge in [0.1, 0.15) is 18.2 Å². The van der Waals surface area contributed by atoms with Gasteiger partial charge in [-0.25, -0.2) is 4.98 Å². The summed E-state index contributed by atoms with van der Waals surface area (Å²) in [6.45, 7) is -0.382. The number of hydrogen-bond donors (Lipinski definition) is 3. The smallest absolute Gasteiger partial charge is 0.306 e. The van der Waals surface area contributed by atoms with Crippen molar-refractivity contribution in [1.29, 1.82) is 5.26 Å². The zero-order valence-corrected chi connectivity index (χ0v) is 15.5. The number of fused-ring (bicyclic) bond motifs is 2. The van der Waals surface area contributed by atoms with Crippen molar-refractivity contribution in [2.75, 3.05) is 6.61 Å². The molecular weight excluding hydrogens is 368 g/mol. The number of carbonyl (C=O) groups is 1. The van der Waals surface area contributed by atoms with Crippen LogP contribution in [0, 0.1) is 11.3 Å². The van der Waals surface area contributed by atoms with Crippen LogP contribution in [0.1, 0.15) is 17.8 Å². The lowest BCUT2D eigenvalue weighted by Crippen LogP contribution is -2.09. The molecule has 0 bridgehead atoms. The van der Waals surface area contributed by atoms with Crippen LogP contribution in [-0.2, 0) is 16.0 Å². The van der Waals surface area contributed by atoms with Crippen LogP contribution in [0.4, 0.5) is 0 Å². The van der Waals surface area contributed by atoms with Crippen molar-refractivity contribution in [3.63, 3.8) is 0 Å². The van der Waals surface area contributed by atoms with Crippen molar-refractivity contribution in [2.45, 2.75) is 12.8 Å². The molecule has 0 aliphatic heterocycles. The SMILES string of the molecule is N#CC(=C(O)COC(=O)CCc1c[nH]c2ccccc12)c1nc2ccccc2[nH]1. The summed E-state index contributed by atoms with van der Waals surface area (Å²) in [5, 5.41) is 20.7. The lowest BCUT2D eigenvalue weighted by atomic mass is 10.1. The minimum atomic E-state index is -0.455. The van der Waals surface area contributed by atoms with E-state index in [0.29, 0.717) is 11.9 Å². The van der Waals surface area contributed by atoms with Gasteiger partial charge in [-0.15, -0.1) is 0 Å². The van der Waals surface area contributed by atoms with Gasteiger partial charge >= 0.3 is 5.97 Å². The number of nitrogens with one attached hydrogen (secondary N) is 2. The number of aromatic amines is 2. The maximum atomic E-state index is 12.1. The van der Waals surface area contributed by atoms with Crippen LogP contribution in [0.3, 0.4) is 0 Å². The van der Waals surface area contributed by atoms with Gasteiger partial charge in [0.15, 0.2) is 11.6 Å². The number of imidazole rings is 1. The Bertz CT molecular complexity index is 1230. The highest BCUT2D eigenvalue weighted by atomic mass is 16.5. The quantitative estimate of drug-likeness (QED) is 0.263. The van der Waals surface area contributed by atoms with Crippen LogP contribution < -0.4 is 0 Å². The summed E-state index contributed by atoms with van der Waals surface area (Å²) in [5.41, 5.74) is 3.42. The number of esters is 1. The number of rotatable bonds is 6. The second-order valence-corrected chi connectivity index (χ2v) is 6.56. The molecular formula is C22H18N4O3. The highest BCUT2D eigenvalue weighted by Gasteiger charge is 2.15. The molecule has 4 rings (SSSR count). The standard InChI is InChI=1S/C22H18N4O3/c23-11-16(22-25-18-7-3-4-8-19(18)26-22)20(27)13-29-21(28)10-9-14-12-24-17-6-2-1-5-15(14)17/h1-8,12,24,27H,9-10,13H2,(H,25,26). The molecule has 0 radical (unpaired) electrons. The Morgan fingerprint density at radius 2 is 1.90 bits per heavy atom. The molecule has 4 aromatic rings. The van der Waals surface area contributed by atoms with Crippen molar-refractivity contribution < 1.29 is 14.6 Å².